The van der Waals surface area contributed by atoms with Gasteiger partial charge < -0.3 is 15.0 Å². The van der Waals surface area contributed by atoms with E-state index in [-0.39, 0.29) is 35.5 Å². The number of carbonyl (C=O) groups is 2. The molecule has 0 radical (unpaired) electrons. The summed E-state index contributed by atoms with van der Waals surface area (Å²) in [6, 6.07) is 29.2. The maximum atomic E-state index is 14.7. The first kappa shape index (κ1) is 35.7. The lowest BCUT2D eigenvalue weighted by Crippen LogP contribution is -2.54. The van der Waals surface area contributed by atoms with E-state index < -0.39 is 28.5 Å². The molecule has 1 N–H and O–H groups in total. The molecule has 0 aromatic heterocycles. The molecule has 2 amide bonds. The zero-order valence-corrected chi connectivity index (χ0v) is 29.6. The largest absolute Gasteiger partial charge is 0.492 e. The normalized spacial score (nSPS) is 12.5. The average Bonchev–Trinajstić information content (AvgIpc) is 3.06. The van der Waals surface area contributed by atoms with E-state index in [1.807, 2.05) is 82.3 Å². The summed E-state index contributed by atoms with van der Waals surface area (Å²) in [6.07, 6.45) is 0.948. The Hall–Kier alpha value is -4.15. The van der Waals surface area contributed by atoms with Gasteiger partial charge in [-0.25, -0.2) is 8.42 Å². The minimum atomic E-state index is -4.25. The number of sulfonamides is 1. The SMILES string of the molecule is CCOc1ccccc1N(CC(=O)N(Cc1cccc(Br)c1)C(Cc1ccccc1)C(=O)NC(C)CC)S(=O)(=O)c1ccc(C)cc1. The lowest BCUT2D eigenvalue weighted by Gasteiger charge is -2.34. The highest BCUT2D eigenvalue weighted by molar-refractivity contribution is 9.10. The van der Waals surface area contributed by atoms with E-state index in [4.69, 9.17) is 4.74 Å². The Morgan fingerprint density at radius 1 is 0.872 bits per heavy atom. The third-order valence-electron chi connectivity index (χ3n) is 7.84. The van der Waals surface area contributed by atoms with Crippen molar-refractivity contribution in [3.63, 3.8) is 0 Å². The number of halogens is 1. The molecular formula is C37H42BrN3O5S. The summed E-state index contributed by atoms with van der Waals surface area (Å²) in [5, 5.41) is 3.06. The number of para-hydroxylation sites is 2. The fraction of sp³-hybridized carbons (Fsp3) is 0.297. The monoisotopic (exact) mass is 719 g/mol. The second kappa shape index (κ2) is 16.6. The minimum Gasteiger partial charge on any atom is -0.492 e. The van der Waals surface area contributed by atoms with Crippen molar-refractivity contribution in [2.24, 2.45) is 0 Å². The molecular weight excluding hydrogens is 678 g/mol. The first-order valence-electron chi connectivity index (χ1n) is 15.7. The third-order valence-corrected chi connectivity index (χ3v) is 10.1. The van der Waals surface area contributed by atoms with Gasteiger partial charge in [0.15, 0.2) is 0 Å². The smallest absolute Gasteiger partial charge is 0.264 e. The van der Waals surface area contributed by atoms with Crippen LogP contribution >= 0.6 is 15.9 Å². The van der Waals surface area contributed by atoms with Gasteiger partial charge in [-0.05, 0) is 74.7 Å². The Morgan fingerprint density at radius 3 is 2.19 bits per heavy atom. The topological polar surface area (TPSA) is 96.0 Å². The quantitative estimate of drug-likeness (QED) is 0.144. The summed E-state index contributed by atoms with van der Waals surface area (Å²) < 4.78 is 36.5. The Bertz CT molecular complexity index is 1750. The second-order valence-corrected chi connectivity index (χ2v) is 14.2. The number of ether oxygens (including phenoxy) is 1. The van der Waals surface area contributed by atoms with Crippen LogP contribution in [0.2, 0.25) is 0 Å². The third kappa shape index (κ3) is 9.45. The van der Waals surface area contributed by atoms with Gasteiger partial charge in [0.25, 0.3) is 10.0 Å². The number of nitrogens with zero attached hydrogens (tertiary/aromatic N) is 2. The van der Waals surface area contributed by atoms with Crippen molar-refractivity contribution in [1.82, 2.24) is 10.2 Å². The molecule has 0 fully saturated rings. The molecule has 4 rings (SSSR count). The summed E-state index contributed by atoms with van der Waals surface area (Å²) in [6.45, 7) is 7.40. The number of amides is 2. The van der Waals surface area contributed by atoms with Gasteiger partial charge in [-0.3, -0.25) is 13.9 Å². The molecule has 2 unspecified atom stereocenters. The van der Waals surface area contributed by atoms with Crippen LogP contribution in [-0.2, 0) is 32.6 Å². The van der Waals surface area contributed by atoms with Crippen LogP contribution in [0.1, 0.15) is 43.9 Å². The van der Waals surface area contributed by atoms with Gasteiger partial charge in [0.1, 0.15) is 18.3 Å². The van der Waals surface area contributed by atoms with Crippen LogP contribution < -0.4 is 14.4 Å². The number of rotatable bonds is 15. The van der Waals surface area contributed by atoms with Crippen molar-refractivity contribution in [3.8, 4) is 5.75 Å². The highest BCUT2D eigenvalue weighted by atomic mass is 79.9. The Kier molecular flexibility index (Phi) is 12.6. The van der Waals surface area contributed by atoms with E-state index in [1.165, 1.54) is 17.0 Å². The number of hydrogen-bond acceptors (Lipinski definition) is 5. The highest BCUT2D eigenvalue weighted by Gasteiger charge is 2.35. The molecule has 0 aliphatic rings. The highest BCUT2D eigenvalue weighted by Crippen LogP contribution is 2.33. The van der Waals surface area contributed by atoms with Crippen molar-refractivity contribution >= 4 is 43.5 Å². The number of hydrogen-bond donors (Lipinski definition) is 1. The molecule has 248 valence electrons. The van der Waals surface area contributed by atoms with E-state index in [9.17, 15) is 18.0 Å². The molecule has 0 bridgehead atoms. The van der Waals surface area contributed by atoms with E-state index in [2.05, 4.69) is 21.2 Å². The molecule has 4 aromatic carbocycles. The van der Waals surface area contributed by atoms with Gasteiger partial charge in [0.2, 0.25) is 11.8 Å². The lowest BCUT2D eigenvalue weighted by molar-refractivity contribution is -0.140. The zero-order valence-electron chi connectivity index (χ0n) is 27.2. The van der Waals surface area contributed by atoms with E-state index in [0.29, 0.717) is 18.8 Å². The summed E-state index contributed by atoms with van der Waals surface area (Å²) >= 11 is 3.52. The second-order valence-electron chi connectivity index (χ2n) is 11.4. The molecule has 2 atom stereocenters. The number of nitrogens with one attached hydrogen (secondary N) is 1. The molecule has 10 heteroatoms. The van der Waals surface area contributed by atoms with Crippen molar-refractivity contribution in [2.75, 3.05) is 17.5 Å². The fourth-order valence-corrected chi connectivity index (χ4v) is 6.99. The van der Waals surface area contributed by atoms with E-state index in [0.717, 1.165) is 25.5 Å². The van der Waals surface area contributed by atoms with Crippen LogP contribution in [0.3, 0.4) is 0 Å². The van der Waals surface area contributed by atoms with Crippen molar-refractivity contribution < 1.29 is 22.7 Å². The van der Waals surface area contributed by atoms with Gasteiger partial charge in [-0.1, -0.05) is 95.1 Å². The lowest BCUT2D eigenvalue weighted by atomic mass is 10.0. The molecule has 0 saturated carbocycles. The van der Waals surface area contributed by atoms with Gasteiger partial charge in [-0.2, -0.15) is 0 Å². The number of aryl methyl sites for hydroxylation is 1. The van der Waals surface area contributed by atoms with Gasteiger partial charge >= 0.3 is 0 Å². The Balaban J connectivity index is 1.84. The average molecular weight is 721 g/mol. The molecule has 0 aliphatic heterocycles. The first-order valence-corrected chi connectivity index (χ1v) is 18.0. The van der Waals surface area contributed by atoms with Gasteiger partial charge in [0.05, 0.1) is 17.2 Å². The van der Waals surface area contributed by atoms with Crippen LogP contribution in [0.15, 0.2) is 112 Å². The number of benzene rings is 4. The summed E-state index contributed by atoms with van der Waals surface area (Å²) in [5.41, 5.74) is 2.78. The number of carbonyl (C=O) groups excluding carboxylic acids is 2. The first-order chi connectivity index (χ1) is 22.5. The van der Waals surface area contributed by atoms with E-state index >= 15 is 0 Å². The summed E-state index contributed by atoms with van der Waals surface area (Å²) in [4.78, 5) is 30.2. The van der Waals surface area contributed by atoms with E-state index in [1.54, 1.807) is 36.4 Å². The Morgan fingerprint density at radius 2 is 1.53 bits per heavy atom. The van der Waals surface area contributed by atoms with Crippen molar-refractivity contribution in [3.05, 3.63) is 124 Å². The van der Waals surface area contributed by atoms with Crippen LogP contribution in [0.25, 0.3) is 0 Å². The number of anilines is 1. The molecule has 47 heavy (non-hydrogen) atoms. The predicted molar refractivity (Wildman–Crippen MR) is 190 cm³/mol. The van der Waals surface area contributed by atoms with Crippen LogP contribution in [0.4, 0.5) is 5.69 Å². The standard InChI is InChI=1S/C37H42BrN3O5S/c1-5-28(4)39-37(43)34(24-29-13-8-7-9-14-29)40(25-30-15-12-16-31(38)23-30)36(42)26-41(33-17-10-11-18-35(33)46-6-2)47(44,45)32-21-19-27(3)20-22-32/h7-23,28,34H,5-6,24-26H2,1-4H3,(H,39,43). The molecule has 0 spiro atoms. The maximum absolute atomic E-state index is 14.7. The zero-order chi connectivity index (χ0) is 34.0. The van der Waals surface area contributed by atoms with Gasteiger partial charge in [-0.15, -0.1) is 0 Å². The summed E-state index contributed by atoms with van der Waals surface area (Å²) in [7, 11) is -4.25. The molecule has 8 nitrogen and oxygen atoms in total. The van der Waals surface area contributed by atoms with Crippen LogP contribution in [-0.4, -0.2) is 50.4 Å². The Labute approximate surface area is 286 Å². The molecule has 0 heterocycles. The van der Waals surface area contributed by atoms with Gasteiger partial charge in [0, 0.05) is 23.5 Å². The maximum Gasteiger partial charge on any atom is 0.264 e. The molecule has 0 saturated heterocycles. The van der Waals surface area contributed by atoms with Crippen molar-refractivity contribution in [1.29, 1.82) is 0 Å². The fourth-order valence-electron chi connectivity index (χ4n) is 5.12. The predicted octanol–water partition coefficient (Wildman–Crippen LogP) is 6.91. The minimum absolute atomic E-state index is 0.0380. The molecule has 4 aromatic rings. The van der Waals surface area contributed by atoms with Crippen molar-refractivity contribution in [2.45, 2.75) is 64.1 Å². The van der Waals surface area contributed by atoms with Crippen LogP contribution in [0, 0.1) is 6.92 Å². The summed E-state index contributed by atoms with van der Waals surface area (Å²) in [5.74, 6) is -0.520. The molecule has 0 aliphatic carbocycles. The van der Waals surface area contributed by atoms with Crippen LogP contribution in [0.5, 0.6) is 5.75 Å².